The molecule has 0 aliphatic heterocycles. The molecule has 0 radical (unpaired) electrons. The van der Waals surface area contributed by atoms with Crippen LogP contribution in [0.3, 0.4) is 0 Å². The first kappa shape index (κ1) is 19.0. The molecule has 1 N–H and O–H groups in total. The second kappa shape index (κ2) is 9.26. The highest BCUT2D eigenvalue weighted by atomic mass is 16.5. The van der Waals surface area contributed by atoms with Crippen molar-refractivity contribution in [2.24, 2.45) is 0 Å². The maximum absolute atomic E-state index is 12.6. The third-order valence-corrected chi connectivity index (χ3v) is 4.44. The Labute approximate surface area is 151 Å². The van der Waals surface area contributed by atoms with E-state index in [1.807, 2.05) is 38.1 Å². The second-order valence-electron chi connectivity index (χ2n) is 6.36. The van der Waals surface area contributed by atoms with E-state index in [1.54, 1.807) is 0 Å². The molecule has 0 aromatic heterocycles. The maximum atomic E-state index is 12.6. The lowest BCUT2D eigenvalue weighted by Crippen LogP contribution is -2.37. The van der Waals surface area contributed by atoms with Crippen LogP contribution < -0.4 is 10.1 Å². The Morgan fingerprint density at radius 3 is 2.48 bits per heavy atom. The van der Waals surface area contributed by atoms with Gasteiger partial charge in [0.2, 0.25) is 0 Å². The molecule has 2 rings (SSSR count). The second-order valence-corrected chi connectivity index (χ2v) is 6.36. The van der Waals surface area contributed by atoms with E-state index in [0.29, 0.717) is 13.0 Å². The van der Waals surface area contributed by atoms with Gasteiger partial charge in [-0.25, -0.2) is 0 Å². The minimum Gasteiger partial charge on any atom is -0.481 e. The number of nitrogens with one attached hydrogen (secondary N) is 1. The van der Waals surface area contributed by atoms with Crippen LogP contribution in [0.1, 0.15) is 49.4 Å². The molecule has 0 heterocycles. The number of hydrogen-bond donors (Lipinski definition) is 1. The van der Waals surface area contributed by atoms with E-state index in [0.717, 1.165) is 24.2 Å². The van der Waals surface area contributed by atoms with Gasteiger partial charge in [0.05, 0.1) is 0 Å². The van der Waals surface area contributed by atoms with Gasteiger partial charge in [-0.2, -0.15) is 0 Å². The highest BCUT2D eigenvalue weighted by Crippen LogP contribution is 2.16. The minimum atomic E-state index is -0.471. The van der Waals surface area contributed by atoms with E-state index in [2.05, 4.69) is 37.4 Å². The van der Waals surface area contributed by atoms with Crippen molar-refractivity contribution in [3.8, 4) is 5.75 Å². The van der Waals surface area contributed by atoms with E-state index < -0.39 is 6.10 Å². The largest absolute Gasteiger partial charge is 0.481 e. The summed E-state index contributed by atoms with van der Waals surface area (Å²) < 4.78 is 5.88. The van der Waals surface area contributed by atoms with E-state index >= 15 is 0 Å². The highest BCUT2D eigenvalue weighted by molar-refractivity contribution is 5.81. The average molecular weight is 339 g/mol. The summed E-state index contributed by atoms with van der Waals surface area (Å²) in [4.78, 5) is 12.6. The van der Waals surface area contributed by atoms with Crippen LogP contribution in [0.15, 0.2) is 42.5 Å². The van der Waals surface area contributed by atoms with Gasteiger partial charge in [0, 0.05) is 6.54 Å². The van der Waals surface area contributed by atoms with Gasteiger partial charge >= 0.3 is 0 Å². The number of ether oxygens (including phenoxy) is 1. The molecule has 1 atom stereocenters. The van der Waals surface area contributed by atoms with Gasteiger partial charge in [0.25, 0.3) is 5.91 Å². The molecule has 25 heavy (non-hydrogen) atoms. The number of aryl methyl sites for hydroxylation is 3. The predicted octanol–water partition coefficient (Wildman–Crippen LogP) is 4.59. The summed E-state index contributed by atoms with van der Waals surface area (Å²) >= 11 is 0. The van der Waals surface area contributed by atoms with Crippen molar-refractivity contribution in [3.05, 3.63) is 64.7 Å². The molecular weight excluding hydrogens is 310 g/mol. The van der Waals surface area contributed by atoms with Crippen LogP contribution in [0.4, 0.5) is 0 Å². The quantitative estimate of drug-likeness (QED) is 0.763. The summed E-state index contributed by atoms with van der Waals surface area (Å²) in [6.45, 7) is 8.81. The molecule has 0 saturated carbocycles. The summed E-state index contributed by atoms with van der Waals surface area (Å²) in [5.74, 6) is 0.678. The van der Waals surface area contributed by atoms with Crippen molar-refractivity contribution in [3.63, 3.8) is 0 Å². The van der Waals surface area contributed by atoms with Gasteiger partial charge in [-0.05, 0) is 60.6 Å². The normalized spacial score (nSPS) is 11.8. The first-order valence-corrected chi connectivity index (χ1v) is 9.19. The molecule has 0 bridgehead atoms. The summed E-state index contributed by atoms with van der Waals surface area (Å²) in [5.41, 5.74) is 4.90. The molecule has 3 nitrogen and oxygen atoms in total. The molecule has 2 aromatic rings. The zero-order chi connectivity index (χ0) is 18.2. The number of carbonyl (C=O) groups is 1. The predicted molar refractivity (Wildman–Crippen MR) is 103 cm³/mol. The Balaban J connectivity index is 2.02. The Morgan fingerprint density at radius 1 is 1.04 bits per heavy atom. The molecule has 0 aliphatic rings. The summed E-state index contributed by atoms with van der Waals surface area (Å²) in [7, 11) is 0. The van der Waals surface area contributed by atoms with E-state index in [9.17, 15) is 4.79 Å². The molecule has 0 unspecified atom stereocenters. The standard InChI is InChI=1S/C22H29NO2/c1-5-17-11-12-18(6-2)19(14-17)15-23-22(24)21(7-3)25-20-10-8-9-16(4)13-20/h8-14,21H,5-7,15H2,1-4H3,(H,23,24)/t21-/m0/s1. The molecule has 0 spiro atoms. The third-order valence-electron chi connectivity index (χ3n) is 4.44. The van der Waals surface area contributed by atoms with Gasteiger partial charge in [-0.3, -0.25) is 4.79 Å². The van der Waals surface area contributed by atoms with Crippen molar-refractivity contribution in [1.29, 1.82) is 0 Å². The molecule has 0 saturated heterocycles. The fourth-order valence-corrected chi connectivity index (χ4v) is 2.88. The van der Waals surface area contributed by atoms with Crippen molar-refractivity contribution in [2.45, 2.75) is 59.6 Å². The molecule has 2 aromatic carbocycles. The van der Waals surface area contributed by atoms with Gasteiger partial charge in [-0.15, -0.1) is 0 Å². The Morgan fingerprint density at radius 2 is 1.84 bits per heavy atom. The molecule has 3 heteroatoms. The van der Waals surface area contributed by atoms with Crippen molar-refractivity contribution in [2.75, 3.05) is 0 Å². The van der Waals surface area contributed by atoms with Crippen LogP contribution in [-0.4, -0.2) is 12.0 Å². The van der Waals surface area contributed by atoms with Crippen LogP contribution >= 0.6 is 0 Å². The highest BCUT2D eigenvalue weighted by Gasteiger charge is 2.18. The van der Waals surface area contributed by atoms with Crippen molar-refractivity contribution < 1.29 is 9.53 Å². The molecular formula is C22H29NO2. The number of amides is 1. The van der Waals surface area contributed by atoms with Crippen molar-refractivity contribution >= 4 is 5.91 Å². The molecule has 134 valence electrons. The zero-order valence-corrected chi connectivity index (χ0v) is 15.8. The Bertz CT molecular complexity index is 709. The van der Waals surface area contributed by atoms with E-state index in [-0.39, 0.29) is 5.91 Å². The molecule has 0 aliphatic carbocycles. The lowest BCUT2D eigenvalue weighted by atomic mass is 10.0. The molecule has 1 amide bonds. The first-order valence-electron chi connectivity index (χ1n) is 9.19. The number of benzene rings is 2. The SMILES string of the molecule is CCc1ccc(CC)c(CNC(=O)[C@H](CC)Oc2cccc(C)c2)c1. The molecule has 0 fully saturated rings. The maximum Gasteiger partial charge on any atom is 0.261 e. The topological polar surface area (TPSA) is 38.3 Å². The van der Waals surface area contributed by atoms with Crippen LogP contribution in [0.25, 0.3) is 0 Å². The van der Waals surface area contributed by atoms with E-state index in [1.165, 1.54) is 16.7 Å². The first-order chi connectivity index (χ1) is 12.1. The minimum absolute atomic E-state index is 0.0621. The van der Waals surface area contributed by atoms with Crippen LogP contribution in [-0.2, 0) is 24.2 Å². The average Bonchev–Trinajstić information content (AvgIpc) is 2.63. The number of carbonyl (C=O) groups excluding carboxylic acids is 1. The fraction of sp³-hybridized carbons (Fsp3) is 0.409. The summed E-state index contributed by atoms with van der Waals surface area (Å²) in [5, 5.41) is 3.05. The smallest absolute Gasteiger partial charge is 0.261 e. The van der Waals surface area contributed by atoms with Gasteiger partial charge in [0.1, 0.15) is 5.75 Å². The fourth-order valence-electron chi connectivity index (χ4n) is 2.88. The van der Waals surface area contributed by atoms with Crippen LogP contribution in [0.2, 0.25) is 0 Å². The lowest BCUT2D eigenvalue weighted by Gasteiger charge is -2.18. The Kier molecular flexibility index (Phi) is 7.05. The summed E-state index contributed by atoms with van der Waals surface area (Å²) in [6.07, 6.45) is 2.13. The lowest BCUT2D eigenvalue weighted by molar-refractivity contribution is -0.128. The van der Waals surface area contributed by atoms with Crippen LogP contribution in [0.5, 0.6) is 5.75 Å². The third kappa shape index (κ3) is 5.35. The summed E-state index contributed by atoms with van der Waals surface area (Å²) in [6, 6.07) is 14.3. The van der Waals surface area contributed by atoms with E-state index in [4.69, 9.17) is 4.74 Å². The van der Waals surface area contributed by atoms with Gasteiger partial charge in [-0.1, -0.05) is 51.1 Å². The number of hydrogen-bond acceptors (Lipinski definition) is 2. The monoisotopic (exact) mass is 339 g/mol. The van der Waals surface area contributed by atoms with Gasteiger partial charge in [0.15, 0.2) is 6.10 Å². The van der Waals surface area contributed by atoms with Crippen LogP contribution in [0, 0.1) is 6.92 Å². The van der Waals surface area contributed by atoms with Crippen molar-refractivity contribution in [1.82, 2.24) is 5.32 Å². The number of rotatable bonds is 8. The Hall–Kier alpha value is -2.29. The zero-order valence-electron chi connectivity index (χ0n) is 15.8. The van der Waals surface area contributed by atoms with Gasteiger partial charge < -0.3 is 10.1 Å².